The molecule has 0 saturated heterocycles. The van der Waals surface area contributed by atoms with Gasteiger partial charge in [-0.05, 0) is 6.92 Å². The molecule has 1 aromatic heterocycles. The number of nitrogens with zero attached hydrogens (tertiary/aromatic N) is 1. The first kappa shape index (κ1) is 17.1. The minimum Gasteiger partial charge on any atom is -0.402 e. The van der Waals surface area contributed by atoms with Gasteiger partial charge in [0, 0.05) is 12.1 Å². The SMILES string of the molecule is Cc1ccc(-[n+]2cc(F)c(F)c(F)c2F)cc1.OB(O)O. The van der Waals surface area contributed by atoms with E-state index in [1.165, 1.54) is 12.1 Å². The molecule has 9 heteroatoms. The van der Waals surface area contributed by atoms with Crippen molar-refractivity contribution in [2.45, 2.75) is 6.92 Å². The van der Waals surface area contributed by atoms with E-state index in [1.54, 1.807) is 12.1 Å². The monoisotopic (exact) mass is 304 g/mol. The fourth-order valence-corrected chi connectivity index (χ4v) is 1.42. The Morgan fingerprint density at radius 1 is 0.905 bits per heavy atom. The van der Waals surface area contributed by atoms with Crippen LogP contribution >= 0.6 is 0 Å². The van der Waals surface area contributed by atoms with Crippen LogP contribution in [0.15, 0.2) is 30.5 Å². The van der Waals surface area contributed by atoms with Crippen LogP contribution < -0.4 is 4.57 Å². The highest BCUT2D eigenvalue weighted by Gasteiger charge is 2.27. The maximum atomic E-state index is 13.4. The van der Waals surface area contributed by atoms with Crippen LogP contribution in [0.25, 0.3) is 5.69 Å². The molecule has 1 heterocycles. The molecule has 0 aliphatic rings. The van der Waals surface area contributed by atoms with Crippen LogP contribution in [0.1, 0.15) is 5.56 Å². The fraction of sp³-hybridized carbons (Fsp3) is 0.0833. The predicted octanol–water partition coefficient (Wildman–Crippen LogP) is 0.776. The average molecular weight is 304 g/mol. The van der Waals surface area contributed by atoms with Gasteiger partial charge >= 0.3 is 13.3 Å². The second-order valence-electron chi connectivity index (χ2n) is 3.95. The molecule has 112 valence electrons. The zero-order valence-electron chi connectivity index (χ0n) is 10.8. The third-order valence-corrected chi connectivity index (χ3v) is 2.35. The Labute approximate surface area is 117 Å². The lowest BCUT2D eigenvalue weighted by atomic mass is 10.2. The van der Waals surface area contributed by atoms with Crippen LogP contribution in [0.4, 0.5) is 17.6 Å². The van der Waals surface area contributed by atoms with Gasteiger partial charge in [-0.15, -0.1) is 8.96 Å². The molecule has 0 aliphatic carbocycles. The van der Waals surface area contributed by atoms with Crippen LogP contribution in [-0.4, -0.2) is 22.4 Å². The van der Waals surface area contributed by atoms with E-state index >= 15 is 0 Å². The van der Waals surface area contributed by atoms with Crippen molar-refractivity contribution < 1.29 is 37.2 Å². The Kier molecular flexibility index (Phi) is 5.83. The summed E-state index contributed by atoms with van der Waals surface area (Å²) in [6, 6.07) is 6.27. The summed E-state index contributed by atoms with van der Waals surface area (Å²) in [7, 11) is -2.17. The minimum atomic E-state index is -2.17. The number of halogens is 4. The third-order valence-electron chi connectivity index (χ3n) is 2.35. The van der Waals surface area contributed by atoms with Crippen LogP contribution in [0.3, 0.4) is 0 Å². The summed E-state index contributed by atoms with van der Waals surface area (Å²) in [5.41, 5.74) is 1.13. The molecule has 2 rings (SSSR count). The zero-order valence-corrected chi connectivity index (χ0v) is 10.8. The first-order chi connectivity index (χ1) is 9.73. The number of rotatable bonds is 1. The molecular weight excluding hydrogens is 293 g/mol. The van der Waals surface area contributed by atoms with Crippen molar-refractivity contribution >= 4 is 7.32 Å². The van der Waals surface area contributed by atoms with Gasteiger partial charge in [-0.2, -0.15) is 13.2 Å². The lowest BCUT2D eigenvalue weighted by molar-refractivity contribution is -0.632. The van der Waals surface area contributed by atoms with E-state index < -0.39 is 30.7 Å². The Hall–Kier alpha value is -1.97. The smallest absolute Gasteiger partial charge is 0.402 e. The minimum absolute atomic E-state index is 0.214. The van der Waals surface area contributed by atoms with Crippen molar-refractivity contribution in [3.05, 3.63) is 59.4 Å². The van der Waals surface area contributed by atoms with Gasteiger partial charge < -0.3 is 15.1 Å². The maximum Gasteiger partial charge on any atom is 0.631 e. The molecule has 0 fully saturated rings. The Balaban J connectivity index is 0.000000491. The molecule has 0 radical (unpaired) electrons. The standard InChI is InChI=1S/C12H8F4N.BH3O3/c1-7-2-4-8(5-3-7)17-6-9(13)10(14)11(15)12(17)16;2-1(3)4/h2-6H,1H3;2-4H/q+1;. The van der Waals surface area contributed by atoms with E-state index in [0.717, 1.165) is 5.56 Å². The molecule has 4 nitrogen and oxygen atoms in total. The summed E-state index contributed by atoms with van der Waals surface area (Å²) in [6.07, 6.45) is 0.568. The quantitative estimate of drug-likeness (QED) is 0.316. The highest BCUT2D eigenvalue weighted by atomic mass is 19.2. The second-order valence-corrected chi connectivity index (χ2v) is 3.95. The van der Waals surface area contributed by atoms with Crippen LogP contribution in [-0.2, 0) is 0 Å². The first-order valence-corrected chi connectivity index (χ1v) is 5.60. The van der Waals surface area contributed by atoms with Gasteiger partial charge in [-0.3, -0.25) is 0 Å². The zero-order chi connectivity index (χ0) is 16.2. The predicted molar refractivity (Wildman–Crippen MR) is 65.0 cm³/mol. The van der Waals surface area contributed by atoms with Gasteiger partial charge in [-0.25, -0.2) is 0 Å². The molecule has 0 unspecified atom stereocenters. The topological polar surface area (TPSA) is 64.6 Å². The summed E-state index contributed by atoms with van der Waals surface area (Å²) >= 11 is 0. The number of aryl methyl sites for hydroxylation is 1. The molecule has 0 amide bonds. The Morgan fingerprint density at radius 3 is 1.86 bits per heavy atom. The molecule has 0 saturated carbocycles. The van der Waals surface area contributed by atoms with Crippen LogP contribution in [0.5, 0.6) is 0 Å². The van der Waals surface area contributed by atoms with E-state index in [0.29, 0.717) is 10.8 Å². The summed E-state index contributed by atoms with van der Waals surface area (Å²) in [5.74, 6) is -6.55. The van der Waals surface area contributed by atoms with Gasteiger partial charge in [0.05, 0.1) is 0 Å². The maximum absolute atomic E-state index is 13.4. The van der Waals surface area contributed by atoms with Gasteiger partial charge in [0.25, 0.3) is 5.82 Å². The molecule has 3 N–H and O–H groups in total. The average Bonchev–Trinajstić information content (AvgIpc) is 2.41. The number of benzene rings is 1. The summed E-state index contributed by atoms with van der Waals surface area (Å²) in [4.78, 5) is 0. The van der Waals surface area contributed by atoms with Gasteiger partial charge in [0.1, 0.15) is 0 Å². The normalized spacial score (nSPS) is 9.90. The van der Waals surface area contributed by atoms with Crippen molar-refractivity contribution in [2.24, 2.45) is 0 Å². The van der Waals surface area contributed by atoms with Crippen molar-refractivity contribution in [3.63, 3.8) is 0 Å². The molecule has 0 bridgehead atoms. The molecule has 0 atom stereocenters. The van der Waals surface area contributed by atoms with E-state index in [1.807, 2.05) is 6.92 Å². The number of pyridine rings is 1. The third kappa shape index (κ3) is 4.52. The first-order valence-electron chi connectivity index (χ1n) is 5.60. The van der Waals surface area contributed by atoms with E-state index in [-0.39, 0.29) is 5.69 Å². The lowest BCUT2D eigenvalue weighted by Gasteiger charge is -2.00. The largest absolute Gasteiger partial charge is 0.631 e. The van der Waals surface area contributed by atoms with Gasteiger partial charge in [-0.1, -0.05) is 17.7 Å². The van der Waals surface area contributed by atoms with Gasteiger partial charge in [0.15, 0.2) is 0 Å². The van der Waals surface area contributed by atoms with Crippen molar-refractivity contribution in [3.8, 4) is 5.69 Å². The van der Waals surface area contributed by atoms with Gasteiger partial charge in [0.2, 0.25) is 23.5 Å². The highest BCUT2D eigenvalue weighted by Crippen LogP contribution is 2.12. The molecule has 21 heavy (non-hydrogen) atoms. The van der Waals surface area contributed by atoms with Crippen molar-refractivity contribution in [1.29, 1.82) is 0 Å². The summed E-state index contributed by atoms with van der Waals surface area (Å²) in [5, 5.41) is 21.5. The number of hydrogen-bond acceptors (Lipinski definition) is 3. The van der Waals surface area contributed by atoms with Crippen molar-refractivity contribution in [2.75, 3.05) is 0 Å². The van der Waals surface area contributed by atoms with E-state index in [4.69, 9.17) is 15.1 Å². The highest BCUT2D eigenvalue weighted by molar-refractivity contribution is 6.30. The van der Waals surface area contributed by atoms with E-state index in [2.05, 4.69) is 0 Å². The summed E-state index contributed by atoms with van der Waals surface area (Å²) < 4.78 is 52.8. The molecule has 0 aliphatic heterocycles. The second kappa shape index (κ2) is 7.16. The van der Waals surface area contributed by atoms with E-state index in [9.17, 15) is 17.6 Å². The molecule has 2 aromatic rings. The number of hydrogen-bond donors (Lipinski definition) is 3. The van der Waals surface area contributed by atoms with Crippen LogP contribution in [0, 0.1) is 30.3 Å². The molecule has 0 spiro atoms. The fourth-order valence-electron chi connectivity index (χ4n) is 1.42. The molecule has 1 aromatic carbocycles. The van der Waals surface area contributed by atoms with Crippen LogP contribution in [0.2, 0.25) is 0 Å². The summed E-state index contributed by atoms with van der Waals surface area (Å²) in [6.45, 7) is 1.82. The number of aromatic nitrogens is 1. The lowest BCUT2D eigenvalue weighted by Crippen LogP contribution is -2.37. The Bertz CT molecular complexity index is 620. The van der Waals surface area contributed by atoms with Crippen molar-refractivity contribution in [1.82, 2.24) is 0 Å². The molecular formula is C12H11BF4NO3+. The Morgan fingerprint density at radius 2 is 1.38 bits per heavy atom.